The molecule has 0 aliphatic carbocycles. The maximum Gasteiger partial charge on any atom is 0.127 e. The molecule has 1 unspecified atom stereocenters. The molecule has 0 aliphatic rings. The highest BCUT2D eigenvalue weighted by atomic mass is 79.9. The smallest absolute Gasteiger partial charge is 0.127 e. The van der Waals surface area contributed by atoms with Gasteiger partial charge in [0.05, 0.1) is 6.10 Å². The first-order valence-corrected chi connectivity index (χ1v) is 6.51. The summed E-state index contributed by atoms with van der Waals surface area (Å²) < 4.78 is 0.800. The molecule has 0 fully saturated rings. The summed E-state index contributed by atoms with van der Waals surface area (Å²) in [6.45, 7) is 4.76. The molecule has 1 rings (SSSR count). The number of anilines is 1. The standard InChI is InChI=1S/C12H19BrN2O/c1-3-9(4-2)10(16)8-14-12-7-5-6-11(13)15-12/h5-7,9-10,16H,3-4,8H2,1-2H3,(H,14,15). The van der Waals surface area contributed by atoms with Crippen LogP contribution in [0.5, 0.6) is 0 Å². The van der Waals surface area contributed by atoms with Crippen LogP contribution >= 0.6 is 15.9 Å². The lowest BCUT2D eigenvalue weighted by molar-refractivity contribution is 0.114. The number of aliphatic hydroxyl groups excluding tert-OH is 1. The molecule has 0 aromatic carbocycles. The lowest BCUT2D eigenvalue weighted by Gasteiger charge is -2.20. The largest absolute Gasteiger partial charge is 0.391 e. The molecule has 4 heteroatoms. The molecule has 0 aliphatic heterocycles. The summed E-state index contributed by atoms with van der Waals surface area (Å²) in [5.41, 5.74) is 0. The minimum Gasteiger partial charge on any atom is -0.391 e. The van der Waals surface area contributed by atoms with Crippen LogP contribution in [0.4, 0.5) is 5.82 Å². The van der Waals surface area contributed by atoms with Crippen LogP contribution < -0.4 is 5.32 Å². The van der Waals surface area contributed by atoms with Crippen LogP contribution in [0.25, 0.3) is 0 Å². The van der Waals surface area contributed by atoms with E-state index >= 15 is 0 Å². The second kappa shape index (κ2) is 6.86. The molecule has 0 bridgehead atoms. The van der Waals surface area contributed by atoms with Crippen molar-refractivity contribution in [2.45, 2.75) is 32.8 Å². The molecule has 0 saturated heterocycles. The molecule has 2 N–H and O–H groups in total. The SMILES string of the molecule is CCC(CC)C(O)CNc1cccc(Br)n1. The molecule has 1 heterocycles. The molecule has 0 radical (unpaired) electrons. The number of pyridine rings is 1. The van der Waals surface area contributed by atoms with E-state index in [9.17, 15) is 5.11 Å². The van der Waals surface area contributed by atoms with Gasteiger partial charge in [-0.05, 0) is 34.0 Å². The maximum atomic E-state index is 9.94. The quantitative estimate of drug-likeness (QED) is 0.790. The highest BCUT2D eigenvalue weighted by Crippen LogP contribution is 2.14. The Balaban J connectivity index is 2.45. The Hall–Kier alpha value is -0.610. The topological polar surface area (TPSA) is 45.1 Å². The molecule has 0 saturated carbocycles. The maximum absolute atomic E-state index is 9.94. The first-order chi connectivity index (χ1) is 7.67. The number of nitrogens with one attached hydrogen (secondary N) is 1. The highest BCUT2D eigenvalue weighted by molar-refractivity contribution is 9.10. The summed E-state index contributed by atoms with van der Waals surface area (Å²) in [4.78, 5) is 4.25. The molecule has 1 atom stereocenters. The van der Waals surface area contributed by atoms with E-state index in [1.54, 1.807) is 0 Å². The lowest BCUT2D eigenvalue weighted by atomic mass is 9.97. The van der Waals surface area contributed by atoms with Crippen molar-refractivity contribution in [3.05, 3.63) is 22.8 Å². The van der Waals surface area contributed by atoms with Crippen molar-refractivity contribution in [1.29, 1.82) is 0 Å². The van der Waals surface area contributed by atoms with Crippen molar-refractivity contribution in [2.24, 2.45) is 5.92 Å². The van der Waals surface area contributed by atoms with Crippen LogP contribution in [-0.2, 0) is 0 Å². The normalized spacial score (nSPS) is 12.8. The molecule has 16 heavy (non-hydrogen) atoms. The molecule has 0 spiro atoms. The van der Waals surface area contributed by atoms with Gasteiger partial charge in [0.2, 0.25) is 0 Å². The van der Waals surface area contributed by atoms with Crippen LogP contribution in [0.2, 0.25) is 0 Å². The fourth-order valence-corrected chi connectivity index (χ4v) is 2.06. The fraction of sp³-hybridized carbons (Fsp3) is 0.583. The van der Waals surface area contributed by atoms with Crippen molar-refractivity contribution in [3.8, 4) is 0 Å². The summed E-state index contributed by atoms with van der Waals surface area (Å²) in [5.74, 6) is 1.15. The van der Waals surface area contributed by atoms with Crippen molar-refractivity contribution >= 4 is 21.7 Å². The molecule has 0 amide bonds. The van der Waals surface area contributed by atoms with Crippen molar-refractivity contribution < 1.29 is 5.11 Å². The number of aromatic nitrogens is 1. The third-order valence-corrected chi connectivity index (χ3v) is 3.24. The van der Waals surface area contributed by atoms with E-state index in [1.165, 1.54) is 0 Å². The number of aliphatic hydroxyl groups is 1. The van der Waals surface area contributed by atoms with Crippen molar-refractivity contribution in [1.82, 2.24) is 4.98 Å². The van der Waals surface area contributed by atoms with Crippen LogP contribution in [0.3, 0.4) is 0 Å². The Morgan fingerprint density at radius 1 is 1.38 bits per heavy atom. The van der Waals surface area contributed by atoms with Gasteiger partial charge >= 0.3 is 0 Å². The van der Waals surface area contributed by atoms with Gasteiger partial charge in [0.15, 0.2) is 0 Å². The predicted octanol–water partition coefficient (Wildman–Crippen LogP) is 3.05. The second-order valence-corrected chi connectivity index (χ2v) is 4.68. The highest BCUT2D eigenvalue weighted by Gasteiger charge is 2.14. The van der Waals surface area contributed by atoms with Gasteiger partial charge in [0.1, 0.15) is 10.4 Å². The van der Waals surface area contributed by atoms with Crippen LogP contribution in [0.1, 0.15) is 26.7 Å². The Bertz CT molecular complexity index is 316. The first kappa shape index (κ1) is 13.5. The number of halogens is 1. The van der Waals surface area contributed by atoms with E-state index in [0.717, 1.165) is 23.3 Å². The summed E-state index contributed by atoms with van der Waals surface area (Å²) in [6, 6.07) is 5.69. The van der Waals surface area contributed by atoms with Gasteiger partial charge in [-0.1, -0.05) is 32.8 Å². The third kappa shape index (κ3) is 4.10. The fourth-order valence-electron chi connectivity index (χ4n) is 1.72. The van der Waals surface area contributed by atoms with E-state index in [0.29, 0.717) is 12.5 Å². The Morgan fingerprint density at radius 2 is 2.06 bits per heavy atom. The lowest BCUT2D eigenvalue weighted by Crippen LogP contribution is -2.27. The van der Waals surface area contributed by atoms with Gasteiger partial charge in [0, 0.05) is 6.54 Å². The first-order valence-electron chi connectivity index (χ1n) is 5.71. The minimum atomic E-state index is -0.309. The average molecular weight is 287 g/mol. The third-order valence-electron chi connectivity index (χ3n) is 2.80. The molecule has 3 nitrogen and oxygen atoms in total. The Labute approximate surface area is 105 Å². The average Bonchev–Trinajstić information content (AvgIpc) is 2.28. The second-order valence-electron chi connectivity index (χ2n) is 3.87. The number of rotatable bonds is 6. The van der Waals surface area contributed by atoms with Gasteiger partial charge in [-0.3, -0.25) is 0 Å². The number of hydrogen-bond acceptors (Lipinski definition) is 3. The van der Waals surface area contributed by atoms with E-state index in [-0.39, 0.29) is 6.10 Å². The van der Waals surface area contributed by atoms with Gasteiger partial charge in [-0.25, -0.2) is 4.98 Å². The van der Waals surface area contributed by atoms with E-state index < -0.39 is 0 Å². The van der Waals surface area contributed by atoms with Crippen LogP contribution in [0, 0.1) is 5.92 Å². The zero-order valence-corrected chi connectivity index (χ0v) is 11.4. The van der Waals surface area contributed by atoms with Crippen LogP contribution in [0.15, 0.2) is 22.8 Å². The van der Waals surface area contributed by atoms with Gasteiger partial charge in [-0.2, -0.15) is 0 Å². The number of hydrogen-bond donors (Lipinski definition) is 2. The molecule has 1 aromatic heterocycles. The summed E-state index contributed by atoms with van der Waals surface area (Å²) in [5, 5.41) is 13.1. The zero-order valence-electron chi connectivity index (χ0n) is 9.78. The Morgan fingerprint density at radius 3 is 2.62 bits per heavy atom. The van der Waals surface area contributed by atoms with Crippen molar-refractivity contribution in [3.63, 3.8) is 0 Å². The van der Waals surface area contributed by atoms with E-state index in [4.69, 9.17) is 0 Å². The molecular formula is C12H19BrN2O. The van der Waals surface area contributed by atoms with E-state index in [2.05, 4.69) is 40.1 Å². The minimum absolute atomic E-state index is 0.309. The summed E-state index contributed by atoms with van der Waals surface area (Å²) in [7, 11) is 0. The monoisotopic (exact) mass is 286 g/mol. The van der Waals surface area contributed by atoms with Gasteiger partial charge in [-0.15, -0.1) is 0 Å². The molecular weight excluding hydrogens is 268 g/mol. The Kier molecular flexibility index (Phi) is 5.77. The number of nitrogens with zero attached hydrogens (tertiary/aromatic N) is 1. The van der Waals surface area contributed by atoms with E-state index in [1.807, 2.05) is 18.2 Å². The summed E-state index contributed by atoms with van der Waals surface area (Å²) in [6.07, 6.45) is 1.70. The molecule has 1 aromatic rings. The predicted molar refractivity (Wildman–Crippen MR) is 70.5 cm³/mol. The van der Waals surface area contributed by atoms with Crippen LogP contribution in [-0.4, -0.2) is 22.7 Å². The van der Waals surface area contributed by atoms with Gasteiger partial charge in [0.25, 0.3) is 0 Å². The van der Waals surface area contributed by atoms with Gasteiger partial charge < -0.3 is 10.4 Å². The zero-order chi connectivity index (χ0) is 12.0. The molecule has 90 valence electrons. The summed E-state index contributed by atoms with van der Waals surface area (Å²) >= 11 is 3.31. The van der Waals surface area contributed by atoms with Crippen molar-refractivity contribution in [2.75, 3.05) is 11.9 Å².